The van der Waals surface area contributed by atoms with Gasteiger partial charge in [0.25, 0.3) is 0 Å². The summed E-state index contributed by atoms with van der Waals surface area (Å²) >= 11 is 0. The van der Waals surface area contributed by atoms with Gasteiger partial charge in [0.05, 0.1) is 17.9 Å². The summed E-state index contributed by atoms with van der Waals surface area (Å²) in [5.41, 5.74) is 6.42. The van der Waals surface area contributed by atoms with Crippen LogP contribution in [0.15, 0.2) is 30.5 Å². The maximum atomic E-state index is 4.52. The van der Waals surface area contributed by atoms with E-state index in [1.807, 2.05) is 18.3 Å². The molecule has 1 aromatic heterocycles. The van der Waals surface area contributed by atoms with Crippen LogP contribution in [0, 0.1) is 23.3 Å². The Morgan fingerprint density at radius 2 is 1.81 bits per heavy atom. The highest BCUT2D eigenvalue weighted by molar-refractivity contribution is 6.83. The fourth-order valence-corrected chi connectivity index (χ4v) is 3.07. The van der Waals surface area contributed by atoms with Gasteiger partial charge in [-0.2, -0.15) is 0 Å². The fourth-order valence-electron chi connectivity index (χ4n) is 2.63. The SMILES string of the molecule is C[Si](C)(C)C#CC#Cc1ccc(-c2cnc([C@@H]3CCCN3)[nH]2)cc1.Cl.Cl. The van der Waals surface area contributed by atoms with Gasteiger partial charge in [0.15, 0.2) is 0 Å². The Morgan fingerprint density at radius 1 is 1.08 bits per heavy atom. The predicted octanol–water partition coefficient (Wildman–Crippen LogP) is 4.58. The predicted molar refractivity (Wildman–Crippen MR) is 116 cm³/mol. The third-order valence-corrected chi connectivity index (χ3v) is 4.76. The van der Waals surface area contributed by atoms with Crippen LogP contribution in [0.4, 0.5) is 0 Å². The first-order valence-corrected chi connectivity index (χ1v) is 11.9. The molecule has 1 aromatic carbocycles. The standard InChI is InChI=1S/C20H23N3Si.2ClH/c1-24(2,3)14-5-4-7-16-9-11-17(12-10-16)19-15-22-20(23-19)18-8-6-13-21-18;;/h9-12,15,18,21H,6,8,13H2,1-3H3,(H,22,23);2*1H/t18-;;/m0../s1. The fraction of sp³-hybridized carbons (Fsp3) is 0.350. The second kappa shape index (κ2) is 9.85. The van der Waals surface area contributed by atoms with Crippen LogP contribution in [-0.2, 0) is 0 Å². The summed E-state index contributed by atoms with van der Waals surface area (Å²) in [6.45, 7) is 7.73. The number of halogens is 2. The molecule has 1 saturated heterocycles. The van der Waals surface area contributed by atoms with E-state index < -0.39 is 8.07 Å². The Kier molecular flexibility index (Phi) is 8.47. The molecule has 0 amide bonds. The van der Waals surface area contributed by atoms with E-state index >= 15 is 0 Å². The van der Waals surface area contributed by atoms with E-state index in [-0.39, 0.29) is 24.8 Å². The molecule has 26 heavy (non-hydrogen) atoms. The van der Waals surface area contributed by atoms with Gasteiger partial charge >= 0.3 is 0 Å². The molecule has 0 spiro atoms. The molecule has 3 nitrogen and oxygen atoms in total. The molecular weight excluding hydrogens is 381 g/mol. The van der Waals surface area contributed by atoms with Crippen LogP contribution < -0.4 is 5.32 Å². The van der Waals surface area contributed by atoms with Crippen molar-refractivity contribution >= 4 is 32.9 Å². The molecule has 0 aliphatic carbocycles. The number of imidazole rings is 1. The summed E-state index contributed by atoms with van der Waals surface area (Å²) in [5.74, 6) is 10.1. The lowest BCUT2D eigenvalue weighted by Gasteiger charge is -2.05. The van der Waals surface area contributed by atoms with Crippen molar-refractivity contribution < 1.29 is 0 Å². The van der Waals surface area contributed by atoms with E-state index in [4.69, 9.17) is 0 Å². The van der Waals surface area contributed by atoms with Crippen molar-refractivity contribution in [1.82, 2.24) is 15.3 Å². The molecular formula is C20H25Cl2N3Si. The van der Waals surface area contributed by atoms with Gasteiger partial charge in [-0.25, -0.2) is 4.98 Å². The molecule has 1 fully saturated rings. The Hall–Kier alpha value is -1.69. The largest absolute Gasteiger partial charge is 0.341 e. The quantitative estimate of drug-likeness (QED) is 0.566. The van der Waals surface area contributed by atoms with Gasteiger partial charge in [0.2, 0.25) is 0 Å². The molecule has 0 bridgehead atoms. The van der Waals surface area contributed by atoms with E-state index in [9.17, 15) is 0 Å². The molecule has 1 aliphatic rings. The van der Waals surface area contributed by atoms with Crippen LogP contribution in [0.2, 0.25) is 19.6 Å². The van der Waals surface area contributed by atoms with Crippen LogP contribution >= 0.6 is 24.8 Å². The van der Waals surface area contributed by atoms with Crippen molar-refractivity contribution in [3.63, 3.8) is 0 Å². The first kappa shape index (κ1) is 22.3. The zero-order valence-electron chi connectivity index (χ0n) is 15.3. The van der Waals surface area contributed by atoms with Crippen LogP contribution in [0.1, 0.15) is 30.3 Å². The van der Waals surface area contributed by atoms with Crippen molar-refractivity contribution in [2.75, 3.05) is 6.54 Å². The second-order valence-corrected chi connectivity index (χ2v) is 11.9. The summed E-state index contributed by atoms with van der Waals surface area (Å²) in [4.78, 5) is 7.95. The van der Waals surface area contributed by atoms with E-state index in [1.54, 1.807) is 0 Å². The average molecular weight is 406 g/mol. The van der Waals surface area contributed by atoms with Gasteiger partial charge in [-0.3, -0.25) is 0 Å². The molecule has 1 aliphatic heterocycles. The van der Waals surface area contributed by atoms with Crippen LogP contribution in [0.25, 0.3) is 11.3 Å². The van der Waals surface area contributed by atoms with Crippen LogP contribution in [-0.4, -0.2) is 24.6 Å². The zero-order chi connectivity index (χ0) is 17.0. The maximum absolute atomic E-state index is 4.52. The Bertz CT molecular complexity index is 824. The second-order valence-electron chi connectivity index (χ2n) is 7.16. The number of aromatic nitrogens is 2. The molecule has 3 rings (SSSR count). The van der Waals surface area contributed by atoms with Gasteiger partial charge in [-0.05, 0) is 48.9 Å². The molecule has 0 radical (unpaired) electrons. The van der Waals surface area contributed by atoms with Crippen molar-refractivity contribution in [3.05, 3.63) is 41.9 Å². The number of hydrogen-bond donors (Lipinski definition) is 2. The van der Waals surface area contributed by atoms with Crippen molar-refractivity contribution in [3.8, 4) is 34.6 Å². The van der Waals surface area contributed by atoms with Crippen LogP contribution in [0.3, 0.4) is 0 Å². The highest BCUT2D eigenvalue weighted by Gasteiger charge is 2.19. The van der Waals surface area contributed by atoms with Crippen LogP contribution in [0.5, 0.6) is 0 Å². The molecule has 0 saturated carbocycles. The van der Waals surface area contributed by atoms with Gasteiger partial charge in [-0.1, -0.05) is 37.7 Å². The highest BCUT2D eigenvalue weighted by atomic mass is 35.5. The third kappa shape index (κ3) is 6.23. The van der Waals surface area contributed by atoms with Gasteiger partial charge in [0, 0.05) is 5.56 Å². The minimum Gasteiger partial charge on any atom is -0.341 e. The molecule has 2 aromatic rings. The summed E-state index contributed by atoms with van der Waals surface area (Å²) < 4.78 is 0. The van der Waals surface area contributed by atoms with Gasteiger partial charge < -0.3 is 10.3 Å². The van der Waals surface area contributed by atoms with E-state index in [0.29, 0.717) is 6.04 Å². The first-order valence-electron chi connectivity index (χ1n) is 8.43. The molecule has 2 N–H and O–H groups in total. The molecule has 0 unspecified atom stereocenters. The lowest BCUT2D eigenvalue weighted by Crippen LogP contribution is -2.16. The Morgan fingerprint density at radius 3 is 2.42 bits per heavy atom. The lowest BCUT2D eigenvalue weighted by atomic mass is 10.1. The van der Waals surface area contributed by atoms with Gasteiger partial charge in [0.1, 0.15) is 13.9 Å². The van der Waals surface area contributed by atoms with Crippen molar-refractivity contribution in [2.45, 2.75) is 38.5 Å². The number of rotatable bonds is 2. The highest BCUT2D eigenvalue weighted by Crippen LogP contribution is 2.24. The van der Waals surface area contributed by atoms with E-state index in [0.717, 1.165) is 35.6 Å². The lowest BCUT2D eigenvalue weighted by molar-refractivity contribution is 0.613. The maximum Gasteiger partial charge on any atom is 0.130 e. The van der Waals surface area contributed by atoms with Crippen molar-refractivity contribution in [1.29, 1.82) is 0 Å². The summed E-state index contributed by atoms with van der Waals surface area (Å²) in [6, 6.07) is 8.60. The summed E-state index contributed by atoms with van der Waals surface area (Å²) in [5, 5.41) is 3.46. The monoisotopic (exact) mass is 405 g/mol. The average Bonchev–Trinajstić information content (AvgIpc) is 3.22. The minimum atomic E-state index is -1.34. The number of benzene rings is 1. The van der Waals surface area contributed by atoms with Crippen molar-refractivity contribution in [2.24, 2.45) is 0 Å². The smallest absolute Gasteiger partial charge is 0.130 e. The summed E-state index contributed by atoms with van der Waals surface area (Å²) in [7, 11) is -1.34. The first-order chi connectivity index (χ1) is 11.5. The normalized spacial score (nSPS) is 15.6. The van der Waals surface area contributed by atoms with Gasteiger partial charge in [-0.15, -0.1) is 30.4 Å². The van der Waals surface area contributed by atoms with E-state index in [2.05, 4.69) is 70.4 Å². The third-order valence-electron chi connectivity index (χ3n) is 3.89. The molecule has 6 heteroatoms. The zero-order valence-corrected chi connectivity index (χ0v) is 18.0. The number of H-pyrrole nitrogens is 1. The van der Waals surface area contributed by atoms with E-state index in [1.165, 1.54) is 6.42 Å². The Labute approximate surface area is 169 Å². The molecule has 1 atom stereocenters. The number of hydrogen-bond acceptors (Lipinski definition) is 2. The minimum absolute atomic E-state index is 0. The number of nitrogens with zero attached hydrogens (tertiary/aromatic N) is 1. The summed E-state index contributed by atoms with van der Waals surface area (Å²) in [6.07, 6.45) is 4.28. The number of nitrogens with one attached hydrogen (secondary N) is 2. The molecule has 138 valence electrons. The topological polar surface area (TPSA) is 40.7 Å². The Balaban J connectivity index is 0.00000169. The molecule has 2 heterocycles. The number of aromatic amines is 1.